The van der Waals surface area contributed by atoms with Gasteiger partial charge in [0.1, 0.15) is 11.5 Å². The minimum atomic E-state index is -0.276. The number of pyridine rings is 1. The van der Waals surface area contributed by atoms with Gasteiger partial charge in [0, 0.05) is 29.9 Å². The summed E-state index contributed by atoms with van der Waals surface area (Å²) in [5, 5.41) is 5.40. The third-order valence-electron chi connectivity index (χ3n) is 3.25. The van der Waals surface area contributed by atoms with Gasteiger partial charge in [-0.3, -0.25) is 9.67 Å². The maximum atomic E-state index is 14.0. The number of nitrogens with two attached hydrogens (primary N) is 1. The molecule has 0 radical (unpaired) electrons. The van der Waals surface area contributed by atoms with Crippen LogP contribution in [-0.2, 0) is 6.54 Å². The van der Waals surface area contributed by atoms with E-state index >= 15 is 0 Å². The molecule has 0 atom stereocenters. The number of benzene rings is 1. The van der Waals surface area contributed by atoms with Crippen molar-refractivity contribution >= 4 is 10.9 Å². The summed E-state index contributed by atoms with van der Waals surface area (Å²) in [5.41, 5.74) is 7.62. The van der Waals surface area contributed by atoms with Crippen LogP contribution >= 0.6 is 0 Å². The summed E-state index contributed by atoms with van der Waals surface area (Å²) in [5.74, 6) is -0.276. The fourth-order valence-electron chi connectivity index (χ4n) is 2.29. The first kappa shape index (κ1) is 12.7. The van der Waals surface area contributed by atoms with E-state index in [1.807, 2.05) is 10.7 Å². The average Bonchev–Trinajstić information content (AvgIpc) is 2.84. The van der Waals surface area contributed by atoms with Gasteiger partial charge >= 0.3 is 0 Å². The molecule has 0 aliphatic rings. The van der Waals surface area contributed by atoms with Crippen LogP contribution in [0.3, 0.4) is 0 Å². The molecule has 3 aromatic rings. The van der Waals surface area contributed by atoms with Crippen molar-refractivity contribution in [2.24, 2.45) is 5.73 Å². The average molecular weight is 270 g/mol. The number of nitrogens with zero attached hydrogens (tertiary/aromatic N) is 3. The second-order valence-corrected chi connectivity index (χ2v) is 4.59. The first-order chi connectivity index (χ1) is 9.81. The molecule has 0 amide bonds. The highest BCUT2D eigenvalue weighted by Gasteiger charge is 2.14. The zero-order valence-electron chi connectivity index (χ0n) is 11.0. The van der Waals surface area contributed by atoms with Gasteiger partial charge in [-0.15, -0.1) is 0 Å². The van der Waals surface area contributed by atoms with Crippen LogP contribution < -0.4 is 5.73 Å². The highest BCUT2D eigenvalue weighted by atomic mass is 19.1. The Kier molecular flexibility index (Phi) is 3.43. The van der Waals surface area contributed by atoms with Crippen LogP contribution in [0.2, 0.25) is 0 Å². The molecule has 0 aliphatic carbocycles. The lowest BCUT2D eigenvalue weighted by Crippen LogP contribution is -2.06. The smallest absolute Gasteiger partial charge is 0.132 e. The van der Waals surface area contributed by atoms with Crippen molar-refractivity contribution in [3.05, 3.63) is 48.5 Å². The summed E-state index contributed by atoms with van der Waals surface area (Å²) in [6.45, 7) is 1.31. The molecule has 0 saturated carbocycles. The molecule has 20 heavy (non-hydrogen) atoms. The summed E-state index contributed by atoms with van der Waals surface area (Å²) in [6, 6.07) is 8.54. The van der Waals surface area contributed by atoms with E-state index in [0.717, 1.165) is 17.3 Å². The molecule has 3 rings (SSSR count). The molecule has 0 unspecified atom stereocenters. The highest BCUT2D eigenvalue weighted by Crippen LogP contribution is 2.29. The molecule has 1 aromatic carbocycles. The Hall–Kier alpha value is -2.27. The van der Waals surface area contributed by atoms with Crippen molar-refractivity contribution in [3.63, 3.8) is 0 Å². The Labute approximate surface area is 116 Å². The van der Waals surface area contributed by atoms with Crippen molar-refractivity contribution in [2.45, 2.75) is 13.0 Å². The van der Waals surface area contributed by atoms with Crippen molar-refractivity contribution in [2.75, 3.05) is 6.54 Å². The topological polar surface area (TPSA) is 56.7 Å². The molecule has 0 saturated heterocycles. The lowest BCUT2D eigenvalue weighted by molar-refractivity contribution is 0.601. The quantitative estimate of drug-likeness (QED) is 0.792. The standard InChI is InChI=1S/C15H15FN4/c16-13-5-2-1-4-11(13)15-12-10-18-8-6-14(12)20(19-15)9-3-7-17/h1-2,4-6,8,10H,3,7,9,17H2. The number of halogens is 1. The third-order valence-corrected chi connectivity index (χ3v) is 3.25. The Bertz CT molecular complexity index is 736. The van der Waals surface area contributed by atoms with Gasteiger partial charge in [0.2, 0.25) is 0 Å². The Balaban J connectivity index is 2.19. The lowest BCUT2D eigenvalue weighted by atomic mass is 10.1. The van der Waals surface area contributed by atoms with Crippen molar-refractivity contribution < 1.29 is 4.39 Å². The van der Waals surface area contributed by atoms with E-state index < -0.39 is 0 Å². The molecule has 0 fully saturated rings. The van der Waals surface area contributed by atoms with Crippen LogP contribution in [0.1, 0.15) is 6.42 Å². The van der Waals surface area contributed by atoms with Gasteiger partial charge in [0.15, 0.2) is 0 Å². The van der Waals surface area contributed by atoms with Crippen LogP contribution in [0.5, 0.6) is 0 Å². The van der Waals surface area contributed by atoms with E-state index in [2.05, 4.69) is 10.1 Å². The van der Waals surface area contributed by atoms with Crippen LogP contribution in [0.25, 0.3) is 22.2 Å². The molecule has 0 bridgehead atoms. The minimum absolute atomic E-state index is 0.276. The molecule has 2 aromatic heterocycles. The molecule has 2 N–H and O–H groups in total. The zero-order chi connectivity index (χ0) is 13.9. The number of hydrogen-bond acceptors (Lipinski definition) is 3. The Morgan fingerprint density at radius 1 is 1.20 bits per heavy atom. The van der Waals surface area contributed by atoms with Gasteiger partial charge in [-0.1, -0.05) is 12.1 Å². The number of aromatic nitrogens is 3. The highest BCUT2D eigenvalue weighted by molar-refractivity contribution is 5.92. The van der Waals surface area contributed by atoms with E-state index in [0.29, 0.717) is 24.3 Å². The van der Waals surface area contributed by atoms with Crippen LogP contribution in [0.15, 0.2) is 42.7 Å². The maximum Gasteiger partial charge on any atom is 0.132 e. The van der Waals surface area contributed by atoms with E-state index in [9.17, 15) is 4.39 Å². The summed E-state index contributed by atoms with van der Waals surface area (Å²) in [7, 11) is 0. The monoisotopic (exact) mass is 270 g/mol. The fraction of sp³-hybridized carbons (Fsp3) is 0.200. The van der Waals surface area contributed by atoms with Gasteiger partial charge in [-0.2, -0.15) is 5.10 Å². The third kappa shape index (κ3) is 2.16. The summed E-state index contributed by atoms with van der Waals surface area (Å²) in [4.78, 5) is 4.12. The van der Waals surface area contributed by atoms with Crippen LogP contribution in [0, 0.1) is 5.82 Å². The van der Waals surface area contributed by atoms with E-state index in [1.54, 1.807) is 30.6 Å². The van der Waals surface area contributed by atoms with Crippen molar-refractivity contribution in [3.8, 4) is 11.3 Å². The molecular formula is C15H15FN4. The largest absolute Gasteiger partial charge is 0.330 e. The first-order valence-corrected chi connectivity index (χ1v) is 6.57. The normalized spacial score (nSPS) is 11.1. The number of rotatable bonds is 4. The number of fused-ring (bicyclic) bond motifs is 1. The summed E-state index contributed by atoms with van der Waals surface area (Å²) in [6.07, 6.45) is 4.27. The second kappa shape index (κ2) is 5.38. The lowest BCUT2D eigenvalue weighted by Gasteiger charge is -2.01. The molecule has 2 heterocycles. The molecule has 4 nitrogen and oxygen atoms in total. The molecule has 5 heteroatoms. The fourth-order valence-corrected chi connectivity index (χ4v) is 2.29. The first-order valence-electron chi connectivity index (χ1n) is 6.57. The molecule has 102 valence electrons. The Morgan fingerprint density at radius 3 is 2.85 bits per heavy atom. The van der Waals surface area contributed by atoms with Crippen LogP contribution in [-0.4, -0.2) is 21.3 Å². The van der Waals surface area contributed by atoms with Gasteiger partial charge in [-0.05, 0) is 31.2 Å². The SMILES string of the molecule is NCCCn1nc(-c2ccccc2F)c2cnccc21. The van der Waals surface area contributed by atoms with Gasteiger partial charge in [0.05, 0.1) is 5.52 Å². The van der Waals surface area contributed by atoms with Gasteiger partial charge in [0.25, 0.3) is 0 Å². The van der Waals surface area contributed by atoms with Gasteiger partial charge in [-0.25, -0.2) is 4.39 Å². The summed E-state index contributed by atoms with van der Waals surface area (Å²) < 4.78 is 15.8. The molecular weight excluding hydrogens is 255 g/mol. The summed E-state index contributed by atoms with van der Waals surface area (Å²) >= 11 is 0. The van der Waals surface area contributed by atoms with Crippen molar-refractivity contribution in [1.82, 2.24) is 14.8 Å². The van der Waals surface area contributed by atoms with Gasteiger partial charge < -0.3 is 5.73 Å². The van der Waals surface area contributed by atoms with Crippen LogP contribution in [0.4, 0.5) is 4.39 Å². The predicted molar refractivity (Wildman–Crippen MR) is 76.6 cm³/mol. The Morgan fingerprint density at radius 2 is 2.05 bits per heavy atom. The minimum Gasteiger partial charge on any atom is -0.330 e. The molecule has 0 aliphatic heterocycles. The second-order valence-electron chi connectivity index (χ2n) is 4.59. The maximum absolute atomic E-state index is 14.0. The number of aryl methyl sites for hydroxylation is 1. The van der Waals surface area contributed by atoms with E-state index in [1.165, 1.54) is 6.07 Å². The zero-order valence-corrected chi connectivity index (χ0v) is 11.0. The van der Waals surface area contributed by atoms with Crippen molar-refractivity contribution in [1.29, 1.82) is 0 Å². The molecule has 0 spiro atoms. The predicted octanol–water partition coefficient (Wildman–Crippen LogP) is 2.59. The van der Waals surface area contributed by atoms with E-state index in [4.69, 9.17) is 5.73 Å². The number of hydrogen-bond donors (Lipinski definition) is 1. The van der Waals surface area contributed by atoms with E-state index in [-0.39, 0.29) is 5.82 Å².